The van der Waals surface area contributed by atoms with Crippen LogP contribution in [0, 0.1) is 5.92 Å². The van der Waals surface area contributed by atoms with Crippen molar-refractivity contribution in [3.8, 4) is 0 Å². The summed E-state index contributed by atoms with van der Waals surface area (Å²) in [7, 11) is 1.78. The van der Waals surface area contributed by atoms with Gasteiger partial charge in [-0.3, -0.25) is 4.79 Å². The average Bonchev–Trinajstić information content (AvgIpc) is 2.28. The van der Waals surface area contributed by atoms with Gasteiger partial charge in [0.25, 0.3) is 0 Å². The van der Waals surface area contributed by atoms with Crippen molar-refractivity contribution >= 4 is 5.91 Å². The van der Waals surface area contributed by atoms with Crippen LogP contribution in [0.4, 0.5) is 0 Å². The van der Waals surface area contributed by atoms with E-state index in [9.17, 15) is 4.79 Å². The first-order chi connectivity index (χ1) is 7.15. The van der Waals surface area contributed by atoms with Gasteiger partial charge in [-0.2, -0.15) is 0 Å². The van der Waals surface area contributed by atoms with E-state index in [4.69, 9.17) is 5.11 Å². The number of aliphatic hydroxyl groups excluding tert-OH is 1. The lowest BCUT2D eigenvalue weighted by Crippen LogP contribution is -2.38. The van der Waals surface area contributed by atoms with Crippen LogP contribution in [-0.2, 0) is 4.79 Å². The highest BCUT2D eigenvalue weighted by Crippen LogP contribution is 2.26. The predicted molar refractivity (Wildman–Crippen MR) is 60.5 cm³/mol. The monoisotopic (exact) mass is 213 g/mol. The van der Waals surface area contributed by atoms with E-state index in [-0.39, 0.29) is 18.6 Å². The number of aliphatic hydroxyl groups is 1. The lowest BCUT2D eigenvalue weighted by molar-refractivity contribution is -0.133. The Labute approximate surface area is 92.5 Å². The highest BCUT2D eigenvalue weighted by Gasteiger charge is 2.21. The van der Waals surface area contributed by atoms with Crippen LogP contribution in [0.15, 0.2) is 0 Å². The number of hydrogen-bond acceptors (Lipinski definition) is 2. The quantitative estimate of drug-likeness (QED) is 0.773. The SMILES string of the molecule is CC(CO)N(C)C(=O)CC1CCCCC1. The fourth-order valence-electron chi connectivity index (χ4n) is 2.15. The Morgan fingerprint density at radius 1 is 1.40 bits per heavy atom. The molecule has 0 saturated heterocycles. The maximum Gasteiger partial charge on any atom is 0.222 e. The molecule has 1 atom stereocenters. The number of likely N-dealkylation sites (N-methyl/N-ethyl adjacent to an activating group) is 1. The zero-order chi connectivity index (χ0) is 11.3. The van der Waals surface area contributed by atoms with Crippen LogP contribution in [0.5, 0.6) is 0 Å². The highest BCUT2D eigenvalue weighted by molar-refractivity contribution is 5.76. The van der Waals surface area contributed by atoms with Crippen LogP contribution in [0.2, 0.25) is 0 Å². The van der Waals surface area contributed by atoms with Crippen molar-refractivity contribution in [2.45, 2.75) is 51.5 Å². The molecule has 1 aliphatic rings. The zero-order valence-corrected chi connectivity index (χ0v) is 9.91. The van der Waals surface area contributed by atoms with Crippen molar-refractivity contribution in [1.82, 2.24) is 4.90 Å². The number of carbonyl (C=O) groups is 1. The molecular formula is C12H23NO2. The summed E-state index contributed by atoms with van der Waals surface area (Å²) in [5, 5.41) is 8.97. The fraction of sp³-hybridized carbons (Fsp3) is 0.917. The van der Waals surface area contributed by atoms with Crippen molar-refractivity contribution in [3.63, 3.8) is 0 Å². The summed E-state index contributed by atoms with van der Waals surface area (Å²) in [4.78, 5) is 13.5. The highest BCUT2D eigenvalue weighted by atomic mass is 16.3. The van der Waals surface area contributed by atoms with Gasteiger partial charge in [-0.15, -0.1) is 0 Å². The summed E-state index contributed by atoms with van der Waals surface area (Å²) in [5.74, 6) is 0.767. The molecule has 0 aromatic carbocycles. The van der Waals surface area contributed by atoms with Gasteiger partial charge in [0.2, 0.25) is 5.91 Å². The summed E-state index contributed by atoms with van der Waals surface area (Å²) in [6.45, 7) is 1.92. The first kappa shape index (κ1) is 12.5. The van der Waals surface area contributed by atoms with Gasteiger partial charge in [0, 0.05) is 13.5 Å². The average molecular weight is 213 g/mol. The number of amides is 1. The third-order valence-electron chi connectivity index (χ3n) is 3.51. The summed E-state index contributed by atoms with van der Waals surface area (Å²) < 4.78 is 0. The van der Waals surface area contributed by atoms with Crippen LogP contribution in [-0.4, -0.2) is 35.6 Å². The standard InChI is InChI=1S/C12H23NO2/c1-10(9-14)13(2)12(15)8-11-6-4-3-5-7-11/h10-11,14H,3-9H2,1-2H3. The molecule has 1 aliphatic carbocycles. The van der Waals surface area contributed by atoms with Crippen LogP contribution >= 0.6 is 0 Å². The zero-order valence-electron chi connectivity index (χ0n) is 9.91. The Morgan fingerprint density at radius 3 is 2.53 bits per heavy atom. The fourth-order valence-corrected chi connectivity index (χ4v) is 2.15. The lowest BCUT2D eigenvalue weighted by atomic mass is 9.86. The molecule has 1 rings (SSSR count). The van der Waals surface area contributed by atoms with E-state index >= 15 is 0 Å². The van der Waals surface area contributed by atoms with E-state index in [2.05, 4.69) is 0 Å². The number of nitrogens with zero attached hydrogens (tertiary/aromatic N) is 1. The molecule has 0 aromatic heterocycles. The molecule has 15 heavy (non-hydrogen) atoms. The van der Waals surface area contributed by atoms with Gasteiger partial charge < -0.3 is 10.0 Å². The van der Waals surface area contributed by atoms with Gasteiger partial charge in [0.1, 0.15) is 0 Å². The van der Waals surface area contributed by atoms with Crippen LogP contribution < -0.4 is 0 Å². The van der Waals surface area contributed by atoms with Gasteiger partial charge in [0.15, 0.2) is 0 Å². The Balaban J connectivity index is 2.33. The molecule has 0 heterocycles. The summed E-state index contributed by atoms with van der Waals surface area (Å²) in [6, 6.07) is -0.0545. The van der Waals surface area contributed by atoms with Gasteiger partial charge in [-0.1, -0.05) is 19.3 Å². The summed E-state index contributed by atoms with van der Waals surface area (Å²) >= 11 is 0. The van der Waals surface area contributed by atoms with Gasteiger partial charge in [-0.05, 0) is 25.7 Å². The van der Waals surface area contributed by atoms with Gasteiger partial charge in [0.05, 0.1) is 12.6 Å². The molecule has 1 fully saturated rings. The van der Waals surface area contributed by atoms with E-state index in [1.54, 1.807) is 11.9 Å². The number of hydrogen-bond donors (Lipinski definition) is 1. The van der Waals surface area contributed by atoms with Crippen molar-refractivity contribution < 1.29 is 9.90 Å². The number of carbonyl (C=O) groups excluding carboxylic acids is 1. The second-order valence-corrected chi connectivity index (χ2v) is 4.74. The minimum Gasteiger partial charge on any atom is -0.394 e. The van der Waals surface area contributed by atoms with Crippen LogP contribution in [0.25, 0.3) is 0 Å². The Bertz CT molecular complexity index is 200. The molecule has 3 heteroatoms. The molecule has 1 amide bonds. The first-order valence-corrected chi connectivity index (χ1v) is 6.01. The minimum atomic E-state index is -0.0545. The second kappa shape index (κ2) is 6.11. The largest absolute Gasteiger partial charge is 0.394 e. The summed E-state index contributed by atoms with van der Waals surface area (Å²) in [6.07, 6.45) is 6.95. The molecule has 0 aliphatic heterocycles. The van der Waals surface area contributed by atoms with Crippen LogP contribution in [0.1, 0.15) is 45.4 Å². The van der Waals surface area contributed by atoms with E-state index in [0.29, 0.717) is 12.3 Å². The van der Waals surface area contributed by atoms with Crippen molar-refractivity contribution in [2.75, 3.05) is 13.7 Å². The maximum absolute atomic E-state index is 11.8. The van der Waals surface area contributed by atoms with Crippen molar-refractivity contribution in [3.05, 3.63) is 0 Å². The van der Waals surface area contributed by atoms with Crippen molar-refractivity contribution in [1.29, 1.82) is 0 Å². The molecule has 0 bridgehead atoms. The van der Waals surface area contributed by atoms with E-state index in [0.717, 1.165) is 0 Å². The Kier molecular flexibility index (Phi) is 5.09. The molecule has 0 spiro atoms. The van der Waals surface area contributed by atoms with E-state index < -0.39 is 0 Å². The van der Waals surface area contributed by atoms with Crippen LogP contribution in [0.3, 0.4) is 0 Å². The lowest BCUT2D eigenvalue weighted by Gasteiger charge is -2.27. The Morgan fingerprint density at radius 2 is 2.00 bits per heavy atom. The first-order valence-electron chi connectivity index (χ1n) is 6.01. The normalized spacial score (nSPS) is 19.9. The molecule has 0 radical (unpaired) electrons. The third kappa shape index (κ3) is 3.82. The van der Waals surface area contributed by atoms with Gasteiger partial charge in [-0.25, -0.2) is 0 Å². The maximum atomic E-state index is 11.8. The molecule has 3 nitrogen and oxygen atoms in total. The minimum absolute atomic E-state index is 0.0485. The molecule has 88 valence electrons. The van der Waals surface area contributed by atoms with E-state index in [1.807, 2.05) is 6.92 Å². The topological polar surface area (TPSA) is 40.5 Å². The molecule has 1 N–H and O–H groups in total. The predicted octanol–water partition coefficient (Wildman–Crippen LogP) is 1.80. The van der Waals surface area contributed by atoms with Crippen molar-refractivity contribution in [2.24, 2.45) is 5.92 Å². The second-order valence-electron chi connectivity index (χ2n) is 4.74. The number of rotatable bonds is 4. The van der Waals surface area contributed by atoms with Gasteiger partial charge >= 0.3 is 0 Å². The smallest absolute Gasteiger partial charge is 0.222 e. The third-order valence-corrected chi connectivity index (χ3v) is 3.51. The summed E-state index contributed by atoms with van der Waals surface area (Å²) in [5.41, 5.74) is 0. The Hall–Kier alpha value is -0.570. The molecule has 1 unspecified atom stereocenters. The molecule has 1 saturated carbocycles. The van der Waals surface area contributed by atoms with E-state index in [1.165, 1.54) is 32.1 Å². The molecular weight excluding hydrogens is 190 g/mol. The molecule has 0 aromatic rings.